The highest BCUT2D eigenvalue weighted by atomic mass is 127. The van der Waals surface area contributed by atoms with Gasteiger partial charge in [0.1, 0.15) is 6.04 Å². The molecule has 0 aromatic rings. The molecule has 6 nitrogen and oxygen atoms in total. The molecule has 2 rings (SSSR count). The van der Waals surface area contributed by atoms with Crippen LogP contribution in [0.15, 0.2) is 4.99 Å². The fourth-order valence-electron chi connectivity index (χ4n) is 3.73. The minimum absolute atomic E-state index is 0. The number of hydrogen-bond acceptors (Lipinski definition) is 4. The maximum absolute atomic E-state index is 12.9. The van der Waals surface area contributed by atoms with Crippen LogP contribution in [0.3, 0.4) is 0 Å². The van der Waals surface area contributed by atoms with Crippen molar-refractivity contribution in [1.82, 2.24) is 24.9 Å². The number of halogens is 4. The quantitative estimate of drug-likeness (QED) is 0.321. The summed E-state index contributed by atoms with van der Waals surface area (Å²) in [6.07, 6.45) is -4.17. The first kappa shape index (κ1) is 26.7. The monoisotopic (exact) mass is 534 g/mol. The van der Waals surface area contributed by atoms with E-state index in [1.165, 1.54) is 11.8 Å². The van der Waals surface area contributed by atoms with Crippen LogP contribution >= 0.6 is 24.0 Å². The molecule has 2 saturated heterocycles. The Balaban J connectivity index is 0.00000420. The van der Waals surface area contributed by atoms with Gasteiger partial charge in [0, 0.05) is 72.0 Å². The first-order valence-corrected chi connectivity index (χ1v) is 10.5. The first-order chi connectivity index (χ1) is 13.2. The number of likely N-dealkylation sites (N-methyl/N-ethyl adjacent to an activating group) is 1. The van der Waals surface area contributed by atoms with Gasteiger partial charge in [-0.3, -0.25) is 9.89 Å². The second-order valence-electron chi connectivity index (χ2n) is 8.14. The molecule has 2 aliphatic rings. The zero-order chi connectivity index (χ0) is 20.7. The van der Waals surface area contributed by atoms with E-state index < -0.39 is 12.2 Å². The Morgan fingerprint density at radius 2 is 1.59 bits per heavy atom. The zero-order valence-corrected chi connectivity index (χ0v) is 20.5. The second kappa shape index (κ2) is 12.5. The smallest absolute Gasteiger partial charge is 0.357 e. The van der Waals surface area contributed by atoms with Gasteiger partial charge in [0.2, 0.25) is 0 Å². The van der Waals surface area contributed by atoms with Crippen molar-refractivity contribution in [3.05, 3.63) is 0 Å². The van der Waals surface area contributed by atoms with E-state index in [9.17, 15) is 13.2 Å². The molecule has 2 heterocycles. The molecular weight excluding hydrogens is 496 g/mol. The minimum atomic E-state index is -4.17. The largest absolute Gasteiger partial charge is 0.403 e. The summed E-state index contributed by atoms with van der Waals surface area (Å²) in [5.74, 6) is 1.27. The normalized spacial score (nSPS) is 22.9. The molecule has 0 radical (unpaired) electrons. The molecule has 0 saturated carbocycles. The zero-order valence-electron chi connectivity index (χ0n) is 18.2. The molecule has 2 atom stereocenters. The number of hydrogen-bond donors (Lipinski definition) is 1. The van der Waals surface area contributed by atoms with Gasteiger partial charge in [-0.1, -0.05) is 6.92 Å². The average Bonchev–Trinajstić information content (AvgIpc) is 2.66. The molecule has 0 aromatic heterocycles. The van der Waals surface area contributed by atoms with Gasteiger partial charge in [0.25, 0.3) is 0 Å². The van der Waals surface area contributed by atoms with Crippen LogP contribution in [0, 0.1) is 5.92 Å². The summed E-state index contributed by atoms with van der Waals surface area (Å²) in [7, 11) is 2.16. The van der Waals surface area contributed by atoms with Crippen LogP contribution in [0.5, 0.6) is 0 Å². The molecule has 2 unspecified atom stereocenters. The van der Waals surface area contributed by atoms with Crippen LogP contribution in [0.1, 0.15) is 20.8 Å². The maximum atomic E-state index is 12.9. The van der Waals surface area contributed by atoms with E-state index in [2.05, 4.69) is 34.0 Å². The fourth-order valence-corrected chi connectivity index (χ4v) is 3.73. The van der Waals surface area contributed by atoms with E-state index in [1.807, 2.05) is 6.92 Å². The number of alkyl halides is 3. The molecule has 1 N–H and O–H groups in total. The van der Waals surface area contributed by atoms with E-state index in [0.29, 0.717) is 32.1 Å². The number of nitrogens with zero attached hydrogens (tertiary/aromatic N) is 5. The van der Waals surface area contributed by atoms with Gasteiger partial charge in [-0.2, -0.15) is 13.2 Å². The Hall–Kier alpha value is -0.330. The average molecular weight is 534 g/mol. The van der Waals surface area contributed by atoms with Crippen LogP contribution in [0.25, 0.3) is 0 Å². The highest BCUT2D eigenvalue weighted by Gasteiger charge is 2.41. The molecule has 29 heavy (non-hydrogen) atoms. The topological polar surface area (TPSA) is 37.4 Å². The van der Waals surface area contributed by atoms with Crippen molar-refractivity contribution >= 4 is 29.9 Å². The number of nitrogens with one attached hydrogen (secondary N) is 1. The van der Waals surface area contributed by atoms with Gasteiger partial charge in [-0.05, 0) is 26.8 Å². The Morgan fingerprint density at radius 1 is 1.00 bits per heavy atom. The standard InChI is InChI=1S/C19H37F3N6.HI/c1-5-23-18(24-14-16(2)15-26-8-6-25(4)7-9-26)28-12-10-27(11-13-28)17(3)19(20,21)22;/h16-17H,5-15H2,1-4H3,(H,23,24);1H. The van der Waals surface area contributed by atoms with Gasteiger partial charge < -0.3 is 20.0 Å². The molecule has 0 spiro atoms. The Morgan fingerprint density at radius 3 is 2.10 bits per heavy atom. The van der Waals surface area contributed by atoms with Crippen LogP contribution in [0.4, 0.5) is 13.2 Å². The maximum Gasteiger partial charge on any atom is 0.403 e. The summed E-state index contributed by atoms with van der Waals surface area (Å²) in [5, 5.41) is 3.31. The summed E-state index contributed by atoms with van der Waals surface area (Å²) >= 11 is 0. The Bertz CT molecular complexity index is 489. The lowest BCUT2D eigenvalue weighted by atomic mass is 10.1. The molecule has 0 bridgehead atoms. The third-order valence-electron chi connectivity index (χ3n) is 5.69. The molecular formula is C19H38F3IN6. The van der Waals surface area contributed by atoms with Crippen molar-refractivity contribution in [2.75, 3.05) is 79.0 Å². The van der Waals surface area contributed by atoms with Crippen LogP contribution in [0.2, 0.25) is 0 Å². The molecule has 2 aliphatic heterocycles. The lowest BCUT2D eigenvalue weighted by Gasteiger charge is -2.39. The molecule has 2 fully saturated rings. The molecule has 0 aromatic carbocycles. The van der Waals surface area contributed by atoms with E-state index in [-0.39, 0.29) is 24.0 Å². The van der Waals surface area contributed by atoms with Crippen LogP contribution in [-0.4, -0.2) is 117 Å². The third kappa shape index (κ3) is 8.74. The first-order valence-electron chi connectivity index (χ1n) is 10.5. The van der Waals surface area contributed by atoms with Gasteiger partial charge in [-0.25, -0.2) is 0 Å². The summed E-state index contributed by atoms with van der Waals surface area (Å²) in [6, 6.07) is -1.39. The molecule has 172 valence electrons. The lowest BCUT2D eigenvalue weighted by Crippen LogP contribution is -2.56. The third-order valence-corrected chi connectivity index (χ3v) is 5.69. The van der Waals surface area contributed by atoms with E-state index >= 15 is 0 Å². The van der Waals surface area contributed by atoms with Gasteiger partial charge in [-0.15, -0.1) is 24.0 Å². The molecule has 10 heteroatoms. The van der Waals surface area contributed by atoms with Crippen molar-refractivity contribution in [2.45, 2.75) is 33.0 Å². The highest BCUT2D eigenvalue weighted by molar-refractivity contribution is 14.0. The summed E-state index contributed by atoms with van der Waals surface area (Å²) in [4.78, 5) is 13.2. The lowest BCUT2D eigenvalue weighted by molar-refractivity contribution is -0.181. The van der Waals surface area contributed by atoms with Crippen LogP contribution in [-0.2, 0) is 0 Å². The number of guanidine groups is 1. The van der Waals surface area contributed by atoms with E-state index in [1.54, 1.807) is 0 Å². The Labute approximate surface area is 190 Å². The minimum Gasteiger partial charge on any atom is -0.357 e. The Kier molecular flexibility index (Phi) is 11.5. The van der Waals surface area contributed by atoms with Crippen molar-refractivity contribution in [2.24, 2.45) is 10.9 Å². The summed E-state index contributed by atoms with van der Waals surface area (Å²) < 4.78 is 38.8. The predicted molar refractivity (Wildman–Crippen MR) is 123 cm³/mol. The second-order valence-corrected chi connectivity index (χ2v) is 8.14. The highest BCUT2D eigenvalue weighted by Crippen LogP contribution is 2.25. The van der Waals surface area contributed by atoms with Crippen molar-refractivity contribution < 1.29 is 13.2 Å². The summed E-state index contributed by atoms with van der Waals surface area (Å²) in [5.41, 5.74) is 0. The number of rotatable bonds is 6. The van der Waals surface area contributed by atoms with Crippen molar-refractivity contribution in [3.63, 3.8) is 0 Å². The van der Waals surface area contributed by atoms with Crippen LogP contribution < -0.4 is 5.32 Å². The number of aliphatic imine (C=N–C) groups is 1. The van der Waals surface area contributed by atoms with E-state index in [0.717, 1.165) is 51.8 Å². The van der Waals surface area contributed by atoms with Crippen molar-refractivity contribution in [3.8, 4) is 0 Å². The predicted octanol–water partition coefficient (Wildman–Crippen LogP) is 2.02. The van der Waals surface area contributed by atoms with Gasteiger partial charge in [0.05, 0.1) is 0 Å². The SMILES string of the molecule is CCNC(=NCC(C)CN1CCN(C)CC1)N1CCN(C(C)C(F)(F)F)CC1.I. The van der Waals surface area contributed by atoms with Crippen molar-refractivity contribution in [1.29, 1.82) is 0 Å². The fraction of sp³-hybridized carbons (Fsp3) is 0.947. The van der Waals surface area contributed by atoms with E-state index in [4.69, 9.17) is 4.99 Å². The molecule has 0 aliphatic carbocycles. The summed E-state index contributed by atoms with van der Waals surface area (Å²) in [6.45, 7) is 14.4. The van der Waals surface area contributed by atoms with Gasteiger partial charge in [0.15, 0.2) is 5.96 Å². The number of piperazine rings is 2. The molecule has 0 amide bonds. The van der Waals surface area contributed by atoms with Gasteiger partial charge >= 0.3 is 6.18 Å².